The maximum absolute atomic E-state index is 12.4. The van der Waals surface area contributed by atoms with Crippen LogP contribution in [0.3, 0.4) is 0 Å². The standard InChI is InChI=1S/C21H23N3O3/c25-19(22-14-13-16-8-2-1-3-9-16)12-6-7-15-24-20(26)17-10-4-5-11-18(17)23-21(24)27/h1-5,8-11H,6-7,12-15H2,(H,22,25)(H,23,27). The minimum Gasteiger partial charge on any atom is -0.356 e. The van der Waals surface area contributed by atoms with Crippen LogP contribution >= 0.6 is 0 Å². The highest BCUT2D eigenvalue weighted by Crippen LogP contribution is 2.04. The van der Waals surface area contributed by atoms with Gasteiger partial charge in [0.1, 0.15) is 0 Å². The van der Waals surface area contributed by atoms with E-state index in [0.29, 0.717) is 43.3 Å². The fraction of sp³-hybridized carbons (Fsp3) is 0.286. The number of benzene rings is 2. The lowest BCUT2D eigenvalue weighted by molar-refractivity contribution is -0.121. The molecule has 27 heavy (non-hydrogen) atoms. The van der Waals surface area contributed by atoms with Gasteiger partial charge in [-0.1, -0.05) is 42.5 Å². The Kier molecular flexibility index (Phi) is 6.20. The summed E-state index contributed by atoms with van der Waals surface area (Å²) in [6.45, 7) is 0.906. The number of para-hydroxylation sites is 1. The van der Waals surface area contributed by atoms with E-state index in [1.54, 1.807) is 24.3 Å². The van der Waals surface area contributed by atoms with E-state index < -0.39 is 5.69 Å². The van der Waals surface area contributed by atoms with Crippen LogP contribution in [0.2, 0.25) is 0 Å². The lowest BCUT2D eigenvalue weighted by atomic mass is 10.1. The fourth-order valence-electron chi connectivity index (χ4n) is 3.04. The Balaban J connectivity index is 1.45. The molecule has 2 N–H and O–H groups in total. The van der Waals surface area contributed by atoms with Gasteiger partial charge in [0.05, 0.1) is 10.9 Å². The first-order valence-corrected chi connectivity index (χ1v) is 9.17. The van der Waals surface area contributed by atoms with Crippen LogP contribution in [-0.4, -0.2) is 22.0 Å². The highest BCUT2D eigenvalue weighted by Gasteiger charge is 2.07. The number of carbonyl (C=O) groups excluding carboxylic acids is 1. The number of carbonyl (C=O) groups is 1. The zero-order valence-corrected chi connectivity index (χ0v) is 15.1. The Hall–Kier alpha value is -3.15. The van der Waals surface area contributed by atoms with Gasteiger partial charge < -0.3 is 10.3 Å². The van der Waals surface area contributed by atoms with Crippen molar-refractivity contribution in [1.29, 1.82) is 0 Å². The van der Waals surface area contributed by atoms with Crippen LogP contribution in [0.25, 0.3) is 10.9 Å². The minimum atomic E-state index is -0.411. The number of aromatic nitrogens is 2. The van der Waals surface area contributed by atoms with Crippen molar-refractivity contribution in [3.8, 4) is 0 Å². The number of rotatable bonds is 8. The molecule has 2 aromatic carbocycles. The molecule has 0 unspecified atom stereocenters. The van der Waals surface area contributed by atoms with E-state index in [-0.39, 0.29) is 11.5 Å². The Morgan fingerprint density at radius 2 is 1.70 bits per heavy atom. The molecule has 0 fully saturated rings. The maximum Gasteiger partial charge on any atom is 0.328 e. The van der Waals surface area contributed by atoms with Gasteiger partial charge in [0.25, 0.3) is 5.56 Å². The molecule has 0 saturated heterocycles. The second-order valence-electron chi connectivity index (χ2n) is 6.48. The Morgan fingerprint density at radius 1 is 0.963 bits per heavy atom. The highest BCUT2D eigenvalue weighted by molar-refractivity contribution is 5.77. The number of hydrogen-bond acceptors (Lipinski definition) is 3. The number of amides is 1. The van der Waals surface area contributed by atoms with Crippen molar-refractivity contribution in [3.05, 3.63) is 81.0 Å². The van der Waals surface area contributed by atoms with E-state index in [1.807, 2.05) is 30.3 Å². The molecular formula is C21H23N3O3. The molecule has 0 atom stereocenters. The van der Waals surface area contributed by atoms with Gasteiger partial charge in [0.15, 0.2) is 0 Å². The largest absolute Gasteiger partial charge is 0.356 e. The number of fused-ring (bicyclic) bond motifs is 1. The van der Waals surface area contributed by atoms with Gasteiger partial charge in [-0.05, 0) is 37.0 Å². The number of nitrogens with one attached hydrogen (secondary N) is 2. The molecule has 3 aromatic rings. The van der Waals surface area contributed by atoms with Crippen LogP contribution in [0.4, 0.5) is 0 Å². The SMILES string of the molecule is O=C(CCCCn1c(=O)[nH]c2ccccc2c1=O)NCCc1ccccc1. The average Bonchev–Trinajstić information content (AvgIpc) is 2.68. The van der Waals surface area contributed by atoms with Crippen LogP contribution in [0.1, 0.15) is 24.8 Å². The molecule has 1 heterocycles. The van der Waals surface area contributed by atoms with Crippen molar-refractivity contribution in [1.82, 2.24) is 14.9 Å². The summed E-state index contributed by atoms with van der Waals surface area (Å²) in [5.41, 5.74) is 1.03. The summed E-state index contributed by atoms with van der Waals surface area (Å²) < 4.78 is 1.20. The summed E-state index contributed by atoms with van der Waals surface area (Å²) >= 11 is 0. The lowest BCUT2D eigenvalue weighted by Gasteiger charge is -2.07. The predicted octanol–water partition coefficient (Wildman–Crippen LogP) is 2.22. The second kappa shape index (κ2) is 8.98. The van der Waals surface area contributed by atoms with E-state index >= 15 is 0 Å². The molecule has 0 saturated carbocycles. The molecule has 0 aliphatic carbocycles. The number of unbranched alkanes of at least 4 members (excludes halogenated alkanes) is 1. The van der Waals surface area contributed by atoms with Gasteiger partial charge >= 0.3 is 5.69 Å². The first-order valence-electron chi connectivity index (χ1n) is 9.17. The van der Waals surface area contributed by atoms with Gasteiger partial charge in [0.2, 0.25) is 5.91 Å². The van der Waals surface area contributed by atoms with Gasteiger partial charge in [-0.25, -0.2) is 4.79 Å². The topological polar surface area (TPSA) is 84.0 Å². The van der Waals surface area contributed by atoms with Gasteiger partial charge in [-0.2, -0.15) is 0 Å². The monoisotopic (exact) mass is 365 g/mol. The van der Waals surface area contributed by atoms with Crippen LogP contribution < -0.4 is 16.6 Å². The first-order chi connectivity index (χ1) is 13.1. The van der Waals surface area contributed by atoms with Crippen molar-refractivity contribution in [2.45, 2.75) is 32.2 Å². The third-order valence-corrected chi connectivity index (χ3v) is 4.50. The Morgan fingerprint density at radius 3 is 2.52 bits per heavy atom. The summed E-state index contributed by atoms with van der Waals surface area (Å²) in [7, 11) is 0. The summed E-state index contributed by atoms with van der Waals surface area (Å²) in [6.07, 6.45) is 2.40. The molecule has 0 aliphatic rings. The molecule has 6 heteroatoms. The molecule has 3 rings (SSSR count). The minimum absolute atomic E-state index is 0.00861. The van der Waals surface area contributed by atoms with Crippen molar-refractivity contribution in [2.24, 2.45) is 0 Å². The molecule has 1 aromatic heterocycles. The van der Waals surface area contributed by atoms with E-state index in [9.17, 15) is 14.4 Å². The maximum atomic E-state index is 12.4. The van der Waals surface area contributed by atoms with Gasteiger partial charge in [-0.3, -0.25) is 14.2 Å². The van der Waals surface area contributed by atoms with Crippen LogP contribution in [-0.2, 0) is 17.8 Å². The summed E-state index contributed by atoms with van der Waals surface area (Å²) in [5.74, 6) is -0.00861. The van der Waals surface area contributed by atoms with Crippen molar-refractivity contribution >= 4 is 16.8 Å². The first kappa shape index (κ1) is 18.6. The summed E-state index contributed by atoms with van der Waals surface area (Å²) in [5, 5.41) is 3.40. The summed E-state index contributed by atoms with van der Waals surface area (Å²) in [6, 6.07) is 16.9. The smallest absolute Gasteiger partial charge is 0.328 e. The molecule has 6 nitrogen and oxygen atoms in total. The zero-order valence-electron chi connectivity index (χ0n) is 15.1. The highest BCUT2D eigenvalue weighted by atomic mass is 16.2. The fourth-order valence-corrected chi connectivity index (χ4v) is 3.04. The average molecular weight is 365 g/mol. The Labute approximate surface area is 156 Å². The summed E-state index contributed by atoms with van der Waals surface area (Å²) in [4.78, 5) is 39.1. The predicted molar refractivity (Wildman–Crippen MR) is 106 cm³/mol. The van der Waals surface area contributed by atoms with Crippen LogP contribution in [0, 0.1) is 0 Å². The number of H-pyrrole nitrogens is 1. The third kappa shape index (κ3) is 4.94. The second-order valence-corrected chi connectivity index (χ2v) is 6.48. The van der Waals surface area contributed by atoms with E-state index in [2.05, 4.69) is 10.3 Å². The van der Waals surface area contributed by atoms with Crippen LogP contribution in [0.15, 0.2) is 64.2 Å². The number of nitrogens with zero attached hydrogens (tertiary/aromatic N) is 1. The number of aromatic amines is 1. The molecule has 0 bridgehead atoms. The molecule has 0 spiro atoms. The molecule has 140 valence electrons. The van der Waals surface area contributed by atoms with E-state index in [4.69, 9.17) is 0 Å². The van der Waals surface area contributed by atoms with Gasteiger partial charge in [-0.15, -0.1) is 0 Å². The Bertz CT molecular complexity index is 1020. The number of hydrogen-bond donors (Lipinski definition) is 2. The molecule has 1 amide bonds. The van der Waals surface area contributed by atoms with Crippen molar-refractivity contribution < 1.29 is 4.79 Å². The quantitative estimate of drug-likeness (QED) is 0.601. The van der Waals surface area contributed by atoms with E-state index in [0.717, 1.165) is 6.42 Å². The van der Waals surface area contributed by atoms with Crippen molar-refractivity contribution in [2.75, 3.05) is 6.54 Å². The van der Waals surface area contributed by atoms with Crippen LogP contribution in [0.5, 0.6) is 0 Å². The zero-order chi connectivity index (χ0) is 19.1. The molecular weight excluding hydrogens is 342 g/mol. The lowest BCUT2D eigenvalue weighted by Crippen LogP contribution is -2.35. The van der Waals surface area contributed by atoms with E-state index in [1.165, 1.54) is 10.1 Å². The van der Waals surface area contributed by atoms with Gasteiger partial charge in [0, 0.05) is 19.5 Å². The molecule has 0 aliphatic heterocycles. The third-order valence-electron chi connectivity index (χ3n) is 4.50. The van der Waals surface area contributed by atoms with Crippen molar-refractivity contribution in [3.63, 3.8) is 0 Å². The molecule has 0 radical (unpaired) electrons. The normalized spacial score (nSPS) is 10.8.